The van der Waals surface area contributed by atoms with Crippen molar-refractivity contribution in [2.24, 2.45) is 0 Å². The number of nitrogens with zero attached hydrogens (tertiary/aromatic N) is 2. The van der Waals surface area contributed by atoms with Gasteiger partial charge in [-0.3, -0.25) is 9.69 Å². The highest BCUT2D eigenvalue weighted by Crippen LogP contribution is 2.42. The van der Waals surface area contributed by atoms with E-state index >= 15 is 0 Å². The zero-order valence-corrected chi connectivity index (χ0v) is 18.1. The van der Waals surface area contributed by atoms with E-state index in [-0.39, 0.29) is 11.9 Å². The SMILES string of the molecule is CCN1C(=O)c2ccccc2Sc2ccc(NC(=O)N3CCCc4ccccc43)cc21. The molecule has 5 nitrogen and oxygen atoms in total. The molecule has 0 unspecified atom stereocenters. The maximum atomic E-state index is 13.2. The molecular weight excluding hydrogens is 406 g/mol. The van der Waals surface area contributed by atoms with Gasteiger partial charge in [0, 0.05) is 34.3 Å². The number of hydrogen-bond acceptors (Lipinski definition) is 3. The number of benzene rings is 3. The summed E-state index contributed by atoms with van der Waals surface area (Å²) in [5, 5.41) is 3.04. The van der Waals surface area contributed by atoms with Crippen molar-refractivity contribution in [3.05, 3.63) is 77.9 Å². The molecule has 3 aromatic carbocycles. The third-order valence-electron chi connectivity index (χ3n) is 5.76. The van der Waals surface area contributed by atoms with Crippen molar-refractivity contribution in [1.82, 2.24) is 0 Å². The Balaban J connectivity index is 1.45. The summed E-state index contributed by atoms with van der Waals surface area (Å²) in [5.74, 6) is -0.0159. The molecular formula is C25H23N3O2S. The van der Waals surface area contributed by atoms with E-state index in [1.165, 1.54) is 5.56 Å². The van der Waals surface area contributed by atoms with Gasteiger partial charge in [0.15, 0.2) is 0 Å². The van der Waals surface area contributed by atoms with Crippen LogP contribution in [0.3, 0.4) is 0 Å². The minimum atomic E-state index is -0.147. The third kappa shape index (κ3) is 3.57. The fourth-order valence-corrected chi connectivity index (χ4v) is 5.31. The van der Waals surface area contributed by atoms with E-state index < -0.39 is 0 Å². The Morgan fingerprint density at radius 1 is 1.00 bits per heavy atom. The normalized spacial score (nSPS) is 14.9. The van der Waals surface area contributed by atoms with Gasteiger partial charge in [0.1, 0.15) is 0 Å². The molecule has 2 aliphatic heterocycles. The highest BCUT2D eigenvalue weighted by molar-refractivity contribution is 7.99. The topological polar surface area (TPSA) is 52.7 Å². The summed E-state index contributed by atoms with van der Waals surface area (Å²) in [7, 11) is 0. The van der Waals surface area contributed by atoms with Crippen molar-refractivity contribution in [2.45, 2.75) is 29.6 Å². The molecule has 6 heteroatoms. The van der Waals surface area contributed by atoms with Crippen LogP contribution in [0.5, 0.6) is 0 Å². The highest BCUT2D eigenvalue weighted by Gasteiger charge is 2.27. The van der Waals surface area contributed by atoms with Crippen LogP contribution < -0.4 is 15.1 Å². The fraction of sp³-hybridized carbons (Fsp3) is 0.200. The number of amides is 3. The molecule has 2 heterocycles. The number of anilines is 3. The van der Waals surface area contributed by atoms with E-state index in [4.69, 9.17) is 0 Å². The van der Waals surface area contributed by atoms with Crippen LogP contribution in [0.1, 0.15) is 29.3 Å². The van der Waals surface area contributed by atoms with Crippen LogP contribution in [-0.2, 0) is 6.42 Å². The summed E-state index contributed by atoms with van der Waals surface area (Å²) in [4.78, 5) is 31.8. The number of carbonyl (C=O) groups excluding carboxylic acids is 2. The number of fused-ring (bicyclic) bond motifs is 3. The van der Waals surface area contributed by atoms with Crippen LogP contribution in [0.15, 0.2) is 76.5 Å². The molecule has 3 aromatic rings. The van der Waals surface area contributed by atoms with Gasteiger partial charge in [-0.1, -0.05) is 42.1 Å². The number of aryl methyl sites for hydroxylation is 1. The first-order chi connectivity index (χ1) is 15.2. The maximum absolute atomic E-state index is 13.2. The lowest BCUT2D eigenvalue weighted by Crippen LogP contribution is -2.38. The standard InChI is InChI=1S/C25H23N3O2S/c1-2-27-21-16-18(13-14-23(21)31-22-12-6-4-10-19(22)24(27)29)26-25(30)28-15-7-9-17-8-3-5-11-20(17)28/h3-6,8,10-14,16H,2,7,9,15H2,1H3,(H,26,30). The van der Waals surface area contributed by atoms with Gasteiger partial charge in [-0.15, -0.1) is 0 Å². The average Bonchev–Trinajstić information content (AvgIpc) is 2.92. The number of nitrogens with one attached hydrogen (secondary N) is 1. The van der Waals surface area contributed by atoms with E-state index in [0.717, 1.165) is 34.0 Å². The van der Waals surface area contributed by atoms with E-state index in [2.05, 4.69) is 11.4 Å². The van der Waals surface area contributed by atoms with Crippen LogP contribution in [0.25, 0.3) is 0 Å². The molecule has 0 aliphatic carbocycles. The molecule has 0 aromatic heterocycles. The zero-order valence-electron chi connectivity index (χ0n) is 17.3. The van der Waals surface area contributed by atoms with E-state index in [0.29, 0.717) is 24.3 Å². The second kappa shape index (κ2) is 8.12. The fourth-order valence-electron chi connectivity index (χ4n) is 4.25. The molecule has 2 aliphatic rings. The quantitative estimate of drug-likeness (QED) is 0.560. The minimum Gasteiger partial charge on any atom is -0.307 e. The lowest BCUT2D eigenvalue weighted by Gasteiger charge is -2.29. The molecule has 156 valence electrons. The zero-order chi connectivity index (χ0) is 21.4. The maximum Gasteiger partial charge on any atom is 0.326 e. The monoisotopic (exact) mass is 429 g/mol. The van der Waals surface area contributed by atoms with Gasteiger partial charge in [0.2, 0.25) is 0 Å². The van der Waals surface area contributed by atoms with Gasteiger partial charge in [-0.25, -0.2) is 4.79 Å². The second-order valence-electron chi connectivity index (χ2n) is 7.64. The number of urea groups is 1. The Bertz CT molecular complexity index is 1180. The summed E-state index contributed by atoms with van der Waals surface area (Å²) in [6, 6.07) is 21.4. The smallest absolute Gasteiger partial charge is 0.307 e. The Morgan fingerprint density at radius 3 is 2.68 bits per heavy atom. The van der Waals surface area contributed by atoms with Crippen molar-refractivity contribution in [3.63, 3.8) is 0 Å². The number of rotatable bonds is 2. The lowest BCUT2D eigenvalue weighted by molar-refractivity contribution is 0.0985. The summed E-state index contributed by atoms with van der Waals surface area (Å²) in [6.07, 6.45) is 1.94. The third-order valence-corrected chi connectivity index (χ3v) is 6.90. The van der Waals surface area contributed by atoms with Crippen LogP contribution in [0.4, 0.5) is 21.9 Å². The van der Waals surface area contributed by atoms with Gasteiger partial charge in [0.05, 0.1) is 11.3 Å². The number of hydrogen-bond donors (Lipinski definition) is 1. The largest absolute Gasteiger partial charge is 0.326 e. The summed E-state index contributed by atoms with van der Waals surface area (Å²) in [6.45, 7) is 3.21. The Hall–Kier alpha value is -3.25. The predicted molar refractivity (Wildman–Crippen MR) is 125 cm³/mol. The van der Waals surface area contributed by atoms with Crippen LogP contribution in [0, 0.1) is 0 Å². The summed E-state index contributed by atoms with van der Waals surface area (Å²) in [5.41, 5.74) is 4.39. The number of para-hydroxylation sites is 1. The van der Waals surface area contributed by atoms with Crippen molar-refractivity contribution >= 4 is 40.8 Å². The van der Waals surface area contributed by atoms with Crippen molar-refractivity contribution in [3.8, 4) is 0 Å². The van der Waals surface area contributed by atoms with Crippen molar-refractivity contribution in [2.75, 3.05) is 28.2 Å². The molecule has 0 saturated heterocycles. The highest BCUT2D eigenvalue weighted by atomic mass is 32.2. The van der Waals surface area contributed by atoms with Crippen LogP contribution in [0.2, 0.25) is 0 Å². The molecule has 1 N–H and O–H groups in total. The Morgan fingerprint density at radius 2 is 1.81 bits per heavy atom. The molecule has 0 bridgehead atoms. The minimum absolute atomic E-state index is 0.0159. The first-order valence-electron chi connectivity index (χ1n) is 10.5. The van der Waals surface area contributed by atoms with E-state index in [1.54, 1.807) is 21.6 Å². The second-order valence-corrected chi connectivity index (χ2v) is 8.73. The number of carbonyl (C=O) groups is 2. The predicted octanol–water partition coefficient (Wildman–Crippen LogP) is 5.80. The van der Waals surface area contributed by atoms with Crippen LogP contribution >= 0.6 is 11.8 Å². The molecule has 0 saturated carbocycles. The molecule has 31 heavy (non-hydrogen) atoms. The Kier molecular flexibility index (Phi) is 5.16. The molecule has 5 rings (SSSR count). The van der Waals surface area contributed by atoms with Gasteiger partial charge >= 0.3 is 6.03 Å². The molecule has 0 fully saturated rings. The summed E-state index contributed by atoms with van der Waals surface area (Å²) < 4.78 is 0. The van der Waals surface area contributed by atoms with Crippen LogP contribution in [-0.4, -0.2) is 25.0 Å². The first kappa shape index (κ1) is 19.7. The Labute approximate surface area is 186 Å². The van der Waals surface area contributed by atoms with Crippen molar-refractivity contribution < 1.29 is 9.59 Å². The van der Waals surface area contributed by atoms with E-state index in [9.17, 15) is 9.59 Å². The summed E-state index contributed by atoms with van der Waals surface area (Å²) >= 11 is 1.59. The van der Waals surface area contributed by atoms with Gasteiger partial charge in [0.25, 0.3) is 5.91 Å². The van der Waals surface area contributed by atoms with Gasteiger partial charge < -0.3 is 10.2 Å². The molecule has 0 radical (unpaired) electrons. The van der Waals surface area contributed by atoms with E-state index in [1.807, 2.05) is 67.6 Å². The average molecular weight is 430 g/mol. The first-order valence-corrected chi connectivity index (χ1v) is 11.4. The molecule has 3 amide bonds. The molecule has 0 atom stereocenters. The van der Waals surface area contributed by atoms with Crippen molar-refractivity contribution in [1.29, 1.82) is 0 Å². The molecule has 0 spiro atoms. The van der Waals surface area contributed by atoms with Gasteiger partial charge in [-0.05, 0) is 61.7 Å². The lowest BCUT2D eigenvalue weighted by atomic mass is 10.0. The van der Waals surface area contributed by atoms with Gasteiger partial charge in [-0.2, -0.15) is 0 Å².